The number of nitrogen functional groups attached to an aromatic ring is 1. The van der Waals surface area contributed by atoms with E-state index in [4.69, 9.17) is 15.0 Å². The van der Waals surface area contributed by atoms with Crippen LogP contribution >= 0.6 is 15.9 Å². The van der Waals surface area contributed by atoms with E-state index in [1.807, 2.05) is 29.7 Å². The molecule has 1 aromatic carbocycles. The molecule has 0 saturated carbocycles. The van der Waals surface area contributed by atoms with Gasteiger partial charge in [0.25, 0.3) is 0 Å². The molecule has 0 aliphatic heterocycles. The van der Waals surface area contributed by atoms with Gasteiger partial charge in [0.2, 0.25) is 0 Å². The highest BCUT2D eigenvalue weighted by Gasteiger charge is 2.14. The molecule has 100 valence electrons. The fourth-order valence-electron chi connectivity index (χ4n) is 1.60. The second-order valence-corrected chi connectivity index (χ2v) is 4.69. The van der Waals surface area contributed by atoms with Crippen LogP contribution in [0.2, 0.25) is 0 Å². The molecule has 0 bridgehead atoms. The summed E-state index contributed by atoms with van der Waals surface area (Å²) in [6.45, 7) is 0.719. The van der Waals surface area contributed by atoms with Crippen LogP contribution in [0.15, 0.2) is 45.5 Å². The third kappa shape index (κ3) is 3.44. The van der Waals surface area contributed by atoms with E-state index in [1.54, 1.807) is 6.07 Å². The van der Waals surface area contributed by atoms with Gasteiger partial charge in [0, 0.05) is 10.0 Å². The number of ether oxygens (including phenoxy) is 1. The molecule has 0 saturated heterocycles. The Morgan fingerprint density at radius 2 is 2.00 bits per heavy atom. The van der Waals surface area contributed by atoms with Crippen LogP contribution in [0.3, 0.4) is 0 Å². The van der Waals surface area contributed by atoms with Gasteiger partial charge >= 0.3 is 5.91 Å². The summed E-state index contributed by atoms with van der Waals surface area (Å²) < 4.78 is 11.6. The number of rotatable bonds is 5. The zero-order valence-electron chi connectivity index (χ0n) is 10.1. The lowest BCUT2D eigenvalue weighted by Gasteiger charge is -2.06. The largest absolute Gasteiger partial charge is 0.459 e. The fourth-order valence-corrected chi connectivity index (χ4v) is 2.00. The molecule has 6 heteroatoms. The average Bonchev–Trinajstić information content (AvgIpc) is 2.88. The first-order valence-corrected chi connectivity index (χ1v) is 6.40. The zero-order valence-corrected chi connectivity index (χ0v) is 11.6. The third-order valence-corrected chi connectivity index (χ3v) is 3.33. The van der Waals surface area contributed by atoms with Crippen molar-refractivity contribution in [1.82, 2.24) is 5.43 Å². The van der Waals surface area contributed by atoms with Crippen molar-refractivity contribution in [2.75, 3.05) is 0 Å². The Morgan fingerprint density at radius 1 is 1.26 bits per heavy atom. The highest BCUT2D eigenvalue weighted by molar-refractivity contribution is 9.10. The van der Waals surface area contributed by atoms with Gasteiger partial charge in [-0.3, -0.25) is 10.2 Å². The monoisotopic (exact) mass is 324 g/mol. The average molecular weight is 325 g/mol. The zero-order chi connectivity index (χ0) is 13.7. The van der Waals surface area contributed by atoms with Crippen LogP contribution in [0, 0.1) is 0 Å². The van der Waals surface area contributed by atoms with E-state index >= 15 is 0 Å². The van der Waals surface area contributed by atoms with Gasteiger partial charge in [0.15, 0.2) is 5.76 Å². The van der Waals surface area contributed by atoms with Crippen LogP contribution in [0.5, 0.6) is 0 Å². The molecule has 0 spiro atoms. The van der Waals surface area contributed by atoms with Crippen molar-refractivity contribution in [3.8, 4) is 0 Å². The molecule has 2 rings (SSSR count). The number of furan rings is 1. The van der Waals surface area contributed by atoms with Crippen molar-refractivity contribution >= 4 is 21.8 Å². The molecule has 1 aromatic heterocycles. The summed E-state index contributed by atoms with van der Waals surface area (Å²) in [6.07, 6.45) is 1.43. The normalized spacial score (nSPS) is 10.4. The molecule has 5 nitrogen and oxygen atoms in total. The van der Waals surface area contributed by atoms with E-state index in [0.29, 0.717) is 12.2 Å². The molecule has 19 heavy (non-hydrogen) atoms. The minimum absolute atomic E-state index is 0.176. The minimum atomic E-state index is -0.468. The number of hydrazine groups is 1. The third-order valence-electron chi connectivity index (χ3n) is 2.56. The lowest BCUT2D eigenvalue weighted by molar-refractivity contribution is 0.0895. The number of halogens is 1. The molecule has 0 aliphatic carbocycles. The van der Waals surface area contributed by atoms with Crippen LogP contribution in [-0.2, 0) is 18.0 Å². The molecule has 1 amide bonds. The van der Waals surface area contributed by atoms with Gasteiger partial charge in [-0.15, -0.1) is 0 Å². The quantitative estimate of drug-likeness (QED) is 0.503. The van der Waals surface area contributed by atoms with Crippen LogP contribution in [-0.4, -0.2) is 5.91 Å². The highest BCUT2D eigenvalue weighted by Crippen LogP contribution is 2.18. The van der Waals surface area contributed by atoms with Crippen LogP contribution < -0.4 is 11.3 Å². The smallest absolute Gasteiger partial charge is 0.301 e. The molecule has 0 aliphatic rings. The summed E-state index contributed by atoms with van der Waals surface area (Å²) >= 11 is 3.44. The van der Waals surface area contributed by atoms with Crippen LogP contribution in [0.25, 0.3) is 0 Å². The lowest BCUT2D eigenvalue weighted by Crippen LogP contribution is -2.30. The standard InChI is InChI=1S/C13H13BrN2O3/c14-11-4-2-1-3-9(11)7-18-8-10-5-6-19-12(10)13(17)16-15/h1-6H,7-8,15H2,(H,16,17). The van der Waals surface area contributed by atoms with Crippen molar-refractivity contribution in [2.45, 2.75) is 13.2 Å². The molecule has 0 unspecified atom stereocenters. The van der Waals surface area contributed by atoms with Crippen molar-refractivity contribution in [2.24, 2.45) is 5.84 Å². The Kier molecular flexibility index (Phi) is 4.73. The Bertz CT molecular complexity index is 569. The highest BCUT2D eigenvalue weighted by atomic mass is 79.9. The van der Waals surface area contributed by atoms with Gasteiger partial charge in [0.1, 0.15) is 0 Å². The summed E-state index contributed by atoms with van der Waals surface area (Å²) in [4.78, 5) is 11.4. The Morgan fingerprint density at radius 3 is 2.74 bits per heavy atom. The molecular weight excluding hydrogens is 312 g/mol. The Balaban J connectivity index is 1.95. The molecule has 0 atom stereocenters. The predicted octanol–water partition coefficient (Wildman–Crippen LogP) is 2.36. The lowest BCUT2D eigenvalue weighted by atomic mass is 10.2. The predicted molar refractivity (Wildman–Crippen MR) is 73.0 cm³/mol. The maximum absolute atomic E-state index is 11.4. The first-order chi connectivity index (χ1) is 9.22. The van der Waals surface area contributed by atoms with Crippen molar-refractivity contribution < 1.29 is 13.9 Å². The van der Waals surface area contributed by atoms with Crippen molar-refractivity contribution in [3.63, 3.8) is 0 Å². The summed E-state index contributed by atoms with van der Waals surface area (Å²) in [5.41, 5.74) is 3.73. The second kappa shape index (κ2) is 6.51. The summed E-state index contributed by atoms with van der Waals surface area (Å²) in [5.74, 6) is 4.77. The summed E-state index contributed by atoms with van der Waals surface area (Å²) in [5, 5.41) is 0. The Hall–Kier alpha value is -1.63. The van der Waals surface area contributed by atoms with Gasteiger partial charge in [-0.2, -0.15) is 0 Å². The molecular formula is C13H13BrN2O3. The van der Waals surface area contributed by atoms with Gasteiger partial charge in [-0.1, -0.05) is 34.1 Å². The number of nitrogens with one attached hydrogen (secondary N) is 1. The van der Waals surface area contributed by atoms with Crippen molar-refractivity contribution in [1.29, 1.82) is 0 Å². The molecule has 0 radical (unpaired) electrons. The number of hydrogen-bond donors (Lipinski definition) is 2. The fraction of sp³-hybridized carbons (Fsp3) is 0.154. The number of carbonyl (C=O) groups is 1. The summed E-state index contributed by atoms with van der Waals surface area (Å²) in [7, 11) is 0. The first kappa shape index (κ1) is 13.8. The van der Waals surface area contributed by atoms with Crippen LogP contribution in [0.1, 0.15) is 21.7 Å². The maximum Gasteiger partial charge on any atom is 0.301 e. The number of hydrogen-bond acceptors (Lipinski definition) is 4. The number of benzene rings is 1. The topological polar surface area (TPSA) is 77.5 Å². The van der Waals surface area contributed by atoms with Gasteiger partial charge < -0.3 is 9.15 Å². The van der Waals surface area contributed by atoms with E-state index in [1.165, 1.54) is 6.26 Å². The van der Waals surface area contributed by atoms with Gasteiger partial charge in [-0.25, -0.2) is 5.84 Å². The van der Waals surface area contributed by atoms with E-state index in [9.17, 15) is 4.79 Å². The van der Waals surface area contributed by atoms with E-state index in [2.05, 4.69) is 15.9 Å². The SMILES string of the molecule is NNC(=O)c1occc1COCc1ccccc1Br. The molecule has 1 heterocycles. The van der Waals surface area contributed by atoms with Gasteiger partial charge in [-0.05, 0) is 17.7 Å². The molecule has 2 aromatic rings. The van der Waals surface area contributed by atoms with Crippen molar-refractivity contribution in [3.05, 3.63) is 58.0 Å². The molecule has 3 N–H and O–H groups in total. The molecule has 0 fully saturated rings. The van der Waals surface area contributed by atoms with Crippen LogP contribution in [0.4, 0.5) is 0 Å². The summed E-state index contributed by atoms with van der Waals surface area (Å²) in [6, 6.07) is 9.48. The maximum atomic E-state index is 11.4. The van der Waals surface area contributed by atoms with Gasteiger partial charge in [0.05, 0.1) is 19.5 Å². The van der Waals surface area contributed by atoms with E-state index in [-0.39, 0.29) is 12.4 Å². The Labute approximate surface area is 118 Å². The first-order valence-electron chi connectivity index (χ1n) is 5.61. The number of nitrogens with two attached hydrogens (primary N) is 1. The van der Waals surface area contributed by atoms with E-state index < -0.39 is 5.91 Å². The number of amides is 1. The minimum Gasteiger partial charge on any atom is -0.459 e. The second-order valence-electron chi connectivity index (χ2n) is 3.83. The number of carbonyl (C=O) groups excluding carboxylic acids is 1. The van der Waals surface area contributed by atoms with E-state index in [0.717, 1.165) is 10.0 Å².